The van der Waals surface area contributed by atoms with Crippen LogP contribution in [0.3, 0.4) is 0 Å². The van der Waals surface area contributed by atoms with Gasteiger partial charge < -0.3 is 5.32 Å². The number of aromatic nitrogens is 3. The first-order chi connectivity index (χ1) is 12.0. The number of halogens is 1. The minimum absolute atomic E-state index is 0.105. The van der Waals surface area contributed by atoms with Gasteiger partial charge in [0, 0.05) is 43.5 Å². The molecule has 134 valence electrons. The third-order valence-corrected chi connectivity index (χ3v) is 5.35. The van der Waals surface area contributed by atoms with E-state index in [-0.39, 0.29) is 5.91 Å². The lowest BCUT2D eigenvalue weighted by Crippen LogP contribution is -2.41. The minimum atomic E-state index is -0.400. The molecule has 1 fully saturated rings. The summed E-state index contributed by atoms with van der Waals surface area (Å²) in [5.74, 6) is 0.658. The van der Waals surface area contributed by atoms with Gasteiger partial charge in [0.25, 0.3) is 0 Å². The van der Waals surface area contributed by atoms with E-state index in [4.69, 9.17) is 0 Å². The Kier molecular flexibility index (Phi) is 5.70. The first kappa shape index (κ1) is 17.9. The summed E-state index contributed by atoms with van der Waals surface area (Å²) in [6.45, 7) is 5.49. The maximum absolute atomic E-state index is 12.9. The molecular weight excluding hydrogens is 341 g/mol. The number of carbonyl (C=O) groups excluding carboxylic acids is 1. The fraction of sp³-hybridized carbons (Fsp3) is 0.529. The summed E-state index contributed by atoms with van der Waals surface area (Å²) < 4.78 is 12.9. The molecule has 1 N–H and O–H groups in total. The predicted molar refractivity (Wildman–Crippen MR) is 94.7 cm³/mol. The number of nitrogens with zero attached hydrogens (tertiary/aromatic N) is 4. The van der Waals surface area contributed by atoms with Crippen molar-refractivity contribution >= 4 is 22.4 Å². The molecule has 0 saturated carbocycles. The lowest BCUT2D eigenvalue weighted by Gasteiger charge is -2.37. The largest absolute Gasteiger partial charge is 0.302 e. The highest BCUT2D eigenvalue weighted by atomic mass is 32.1. The zero-order valence-electron chi connectivity index (χ0n) is 14.4. The number of nitrogens with one attached hydrogen (secondary N) is 1. The average molecular weight is 363 g/mol. The Hall–Kier alpha value is -1.93. The number of carbonyl (C=O) groups is 1. The molecule has 0 spiro atoms. The topological polar surface area (TPSA) is 71.0 Å². The molecule has 8 heteroatoms. The van der Waals surface area contributed by atoms with Gasteiger partial charge in [0.15, 0.2) is 10.9 Å². The summed E-state index contributed by atoms with van der Waals surface area (Å²) in [6.07, 6.45) is 7.29. The van der Waals surface area contributed by atoms with Gasteiger partial charge in [-0.1, -0.05) is 0 Å². The molecule has 0 radical (unpaired) electrons. The van der Waals surface area contributed by atoms with Gasteiger partial charge in [-0.2, -0.15) is 0 Å². The van der Waals surface area contributed by atoms with Crippen molar-refractivity contribution in [1.82, 2.24) is 19.9 Å². The quantitative estimate of drug-likeness (QED) is 0.884. The van der Waals surface area contributed by atoms with Gasteiger partial charge in [-0.15, -0.1) is 11.3 Å². The molecule has 0 bridgehead atoms. The Balaban J connectivity index is 1.59. The van der Waals surface area contributed by atoms with Gasteiger partial charge in [0.1, 0.15) is 5.82 Å². The highest BCUT2D eigenvalue weighted by molar-refractivity contribution is 7.15. The molecule has 2 aromatic rings. The minimum Gasteiger partial charge on any atom is -0.302 e. The molecule has 1 amide bonds. The third-order valence-electron chi connectivity index (χ3n) is 4.45. The van der Waals surface area contributed by atoms with Gasteiger partial charge in [0.2, 0.25) is 5.91 Å². The van der Waals surface area contributed by atoms with Crippen molar-refractivity contribution < 1.29 is 9.18 Å². The zero-order valence-corrected chi connectivity index (χ0v) is 15.2. The first-order valence-corrected chi connectivity index (χ1v) is 9.24. The summed E-state index contributed by atoms with van der Waals surface area (Å²) in [5, 5.41) is 3.36. The van der Waals surface area contributed by atoms with E-state index in [9.17, 15) is 9.18 Å². The highest BCUT2D eigenvalue weighted by Gasteiger charge is 2.26. The smallest absolute Gasteiger partial charge is 0.223 e. The molecular formula is C17H22FN5OS. The molecule has 0 aliphatic carbocycles. The van der Waals surface area contributed by atoms with Crippen molar-refractivity contribution in [2.75, 3.05) is 11.9 Å². The summed E-state index contributed by atoms with van der Waals surface area (Å²) >= 11 is 1.51. The molecule has 6 nitrogen and oxygen atoms in total. The molecule has 1 aliphatic rings. The number of hydrogen-bond acceptors (Lipinski definition) is 6. The van der Waals surface area contributed by atoms with Crippen molar-refractivity contribution in [2.45, 2.75) is 45.7 Å². The Morgan fingerprint density at radius 2 is 2.08 bits per heavy atom. The fourth-order valence-electron chi connectivity index (χ4n) is 3.14. The molecule has 3 heterocycles. The average Bonchev–Trinajstić information content (AvgIpc) is 2.99. The van der Waals surface area contributed by atoms with E-state index in [2.05, 4.69) is 32.1 Å². The number of anilines is 1. The summed E-state index contributed by atoms with van der Waals surface area (Å²) in [6, 6.07) is 0.497. The third kappa shape index (κ3) is 5.02. The number of rotatable bonds is 5. The monoisotopic (exact) mass is 363 g/mol. The van der Waals surface area contributed by atoms with Crippen molar-refractivity contribution in [3.8, 4) is 0 Å². The molecule has 2 aromatic heterocycles. The van der Waals surface area contributed by atoms with Crippen LogP contribution in [0.5, 0.6) is 0 Å². The fourth-order valence-corrected chi connectivity index (χ4v) is 4.03. The number of hydrogen-bond donors (Lipinski definition) is 1. The number of amides is 1. The van der Waals surface area contributed by atoms with Crippen molar-refractivity contribution in [2.24, 2.45) is 5.92 Å². The molecule has 25 heavy (non-hydrogen) atoms. The molecule has 2 unspecified atom stereocenters. The van der Waals surface area contributed by atoms with Crippen LogP contribution in [0.25, 0.3) is 0 Å². The molecule has 1 aliphatic heterocycles. The number of likely N-dealkylation sites (tertiary alicyclic amines) is 1. The first-order valence-electron chi connectivity index (χ1n) is 8.42. The maximum Gasteiger partial charge on any atom is 0.223 e. The molecule has 1 saturated heterocycles. The van der Waals surface area contributed by atoms with Crippen LogP contribution in [0, 0.1) is 11.7 Å². The van der Waals surface area contributed by atoms with Gasteiger partial charge >= 0.3 is 0 Å². The summed E-state index contributed by atoms with van der Waals surface area (Å²) in [7, 11) is 0. The normalized spacial score (nSPS) is 21.2. The van der Waals surface area contributed by atoms with E-state index in [0.29, 0.717) is 22.9 Å². The van der Waals surface area contributed by atoms with Crippen LogP contribution in [-0.2, 0) is 17.8 Å². The standard InChI is InChI=1S/C17H22FN5OS/c1-11-3-4-13(5-16-19-6-14(18)7-20-16)9-23(11)10-15-8-21-17(25-15)22-12(2)24/h6-8,11,13H,3-5,9-10H2,1-2H3,(H,21,22,24). The van der Waals surface area contributed by atoms with Crippen molar-refractivity contribution in [3.05, 3.63) is 35.1 Å². The van der Waals surface area contributed by atoms with Crippen LogP contribution < -0.4 is 5.32 Å². The summed E-state index contributed by atoms with van der Waals surface area (Å²) in [5.41, 5.74) is 0. The predicted octanol–water partition coefficient (Wildman–Crippen LogP) is 2.87. The highest BCUT2D eigenvalue weighted by Crippen LogP contribution is 2.27. The second-order valence-electron chi connectivity index (χ2n) is 6.56. The number of thiazole rings is 1. The van der Waals surface area contributed by atoms with Gasteiger partial charge in [-0.3, -0.25) is 9.69 Å². The molecule has 0 aromatic carbocycles. The van der Waals surface area contributed by atoms with Crippen LogP contribution in [-0.4, -0.2) is 38.3 Å². The lowest BCUT2D eigenvalue weighted by molar-refractivity contribution is -0.114. The van der Waals surface area contributed by atoms with Gasteiger partial charge in [0.05, 0.1) is 12.4 Å². The lowest BCUT2D eigenvalue weighted by atomic mass is 9.90. The zero-order chi connectivity index (χ0) is 17.8. The number of piperidine rings is 1. The van der Waals surface area contributed by atoms with Crippen molar-refractivity contribution in [3.63, 3.8) is 0 Å². The van der Waals surface area contributed by atoms with Crippen LogP contribution in [0.4, 0.5) is 9.52 Å². The van der Waals surface area contributed by atoms with E-state index >= 15 is 0 Å². The Labute approximate surface area is 150 Å². The van der Waals surface area contributed by atoms with Crippen LogP contribution >= 0.6 is 11.3 Å². The van der Waals surface area contributed by atoms with Gasteiger partial charge in [-0.05, 0) is 25.7 Å². The summed E-state index contributed by atoms with van der Waals surface area (Å²) in [4.78, 5) is 27.1. The van der Waals surface area contributed by atoms with Gasteiger partial charge in [-0.25, -0.2) is 19.3 Å². The molecule has 2 atom stereocenters. The second-order valence-corrected chi connectivity index (χ2v) is 7.67. The van der Waals surface area contributed by atoms with Crippen molar-refractivity contribution in [1.29, 1.82) is 0 Å². The Morgan fingerprint density at radius 1 is 1.32 bits per heavy atom. The van der Waals surface area contributed by atoms with E-state index in [1.807, 2.05) is 6.20 Å². The van der Waals surface area contributed by atoms with E-state index in [1.54, 1.807) is 0 Å². The molecule has 3 rings (SSSR count). The second kappa shape index (κ2) is 7.97. The maximum atomic E-state index is 12.9. The van der Waals surface area contributed by atoms with Crippen LogP contribution in [0.15, 0.2) is 18.6 Å². The van der Waals surface area contributed by atoms with E-state index < -0.39 is 5.82 Å². The van der Waals surface area contributed by atoms with E-state index in [1.165, 1.54) is 30.7 Å². The van der Waals surface area contributed by atoms with E-state index in [0.717, 1.165) is 37.2 Å². The van der Waals surface area contributed by atoms with Crippen LogP contribution in [0.1, 0.15) is 37.4 Å². The Morgan fingerprint density at radius 3 is 2.80 bits per heavy atom. The Bertz CT molecular complexity index is 720. The SMILES string of the molecule is CC(=O)Nc1ncc(CN2CC(Cc3ncc(F)cn3)CCC2C)s1. The van der Waals surface area contributed by atoms with Crippen LogP contribution in [0.2, 0.25) is 0 Å².